The van der Waals surface area contributed by atoms with Crippen LogP contribution < -0.4 is 0 Å². The summed E-state index contributed by atoms with van der Waals surface area (Å²) >= 11 is 0. The number of piperidine rings is 1. The number of rotatable bonds is 1. The molecule has 1 saturated carbocycles. The number of hydrogen-bond acceptors (Lipinski definition) is 2. The molecule has 1 aliphatic heterocycles. The maximum Gasteiger partial charge on any atom is 0.141 e. The van der Waals surface area contributed by atoms with E-state index in [0.29, 0.717) is 17.6 Å². The van der Waals surface area contributed by atoms with Gasteiger partial charge in [0.2, 0.25) is 0 Å². The Morgan fingerprint density at radius 2 is 1.91 bits per heavy atom. The van der Waals surface area contributed by atoms with Crippen LogP contribution in [0.1, 0.15) is 19.8 Å². The van der Waals surface area contributed by atoms with E-state index in [1.54, 1.807) is 0 Å². The fourth-order valence-corrected chi connectivity index (χ4v) is 2.34. The number of likely N-dealkylation sites (tertiary alicyclic amines) is 1. The van der Waals surface area contributed by atoms with Crippen molar-refractivity contribution in [2.75, 3.05) is 19.6 Å². The van der Waals surface area contributed by atoms with Gasteiger partial charge in [-0.2, -0.15) is 0 Å². The topological polar surface area (TPSA) is 20.3 Å². The monoisotopic (exact) mass is 153 g/mol. The molecule has 0 spiro atoms. The lowest BCUT2D eigenvalue weighted by Gasteiger charge is -2.29. The van der Waals surface area contributed by atoms with Gasteiger partial charge in [0.05, 0.1) is 0 Å². The zero-order valence-electron chi connectivity index (χ0n) is 7.05. The van der Waals surface area contributed by atoms with Gasteiger partial charge in [-0.3, -0.25) is 4.79 Å². The molecule has 0 aromatic heterocycles. The normalized spacial score (nSPS) is 38.1. The van der Waals surface area contributed by atoms with Gasteiger partial charge < -0.3 is 4.90 Å². The van der Waals surface area contributed by atoms with Gasteiger partial charge >= 0.3 is 0 Å². The molecule has 0 aromatic carbocycles. The third-order valence-corrected chi connectivity index (χ3v) is 3.07. The lowest BCUT2D eigenvalue weighted by Crippen LogP contribution is -2.41. The van der Waals surface area contributed by atoms with Crippen LogP contribution in [0.4, 0.5) is 0 Å². The summed E-state index contributed by atoms with van der Waals surface area (Å²) < 4.78 is 0. The van der Waals surface area contributed by atoms with Crippen molar-refractivity contribution < 1.29 is 4.79 Å². The molecule has 2 aliphatic rings. The number of carbonyl (C=O) groups excluding carboxylic acids is 1. The van der Waals surface area contributed by atoms with Gasteiger partial charge in [-0.25, -0.2) is 0 Å². The second-order valence-corrected chi connectivity index (χ2v) is 3.73. The molecule has 2 bridgehead atoms. The summed E-state index contributed by atoms with van der Waals surface area (Å²) in [7, 11) is 0. The highest BCUT2D eigenvalue weighted by atomic mass is 16.1. The Balaban J connectivity index is 2.08. The summed E-state index contributed by atoms with van der Waals surface area (Å²) in [6, 6.07) is 0. The number of Topliss-reactive ketones (excluding diaryl/α,β-unsaturated/α-hetero) is 1. The van der Waals surface area contributed by atoms with Crippen LogP contribution in [0.3, 0.4) is 0 Å². The maximum atomic E-state index is 11.4. The number of nitrogens with zero attached hydrogens (tertiary/aromatic N) is 1. The van der Waals surface area contributed by atoms with Crippen molar-refractivity contribution in [3.63, 3.8) is 0 Å². The molecule has 1 heterocycles. The minimum atomic E-state index is 0.397. The van der Waals surface area contributed by atoms with E-state index >= 15 is 0 Å². The van der Waals surface area contributed by atoms with Gasteiger partial charge in [-0.15, -0.1) is 0 Å². The maximum absolute atomic E-state index is 11.4. The predicted octanol–water partition coefficient (Wildman–Crippen LogP) is 0.917. The highest BCUT2D eigenvalue weighted by Crippen LogP contribution is 2.32. The van der Waals surface area contributed by atoms with E-state index in [2.05, 4.69) is 11.8 Å². The van der Waals surface area contributed by atoms with Crippen molar-refractivity contribution in [3.8, 4) is 0 Å². The summed E-state index contributed by atoms with van der Waals surface area (Å²) in [5.74, 6) is 1.34. The third kappa shape index (κ3) is 1.09. The molecule has 0 radical (unpaired) electrons. The molecule has 1 saturated heterocycles. The lowest BCUT2D eigenvalue weighted by molar-refractivity contribution is -0.127. The van der Waals surface area contributed by atoms with Gasteiger partial charge in [0.1, 0.15) is 5.78 Å². The third-order valence-electron chi connectivity index (χ3n) is 3.07. The summed E-state index contributed by atoms with van der Waals surface area (Å²) in [6.07, 6.45) is 2.31. The average Bonchev–Trinajstić information content (AvgIpc) is 2.26. The molecule has 0 aromatic rings. The van der Waals surface area contributed by atoms with Crippen molar-refractivity contribution in [1.29, 1.82) is 0 Å². The van der Waals surface area contributed by atoms with E-state index in [1.807, 2.05) is 0 Å². The fourth-order valence-electron chi connectivity index (χ4n) is 2.34. The largest absolute Gasteiger partial charge is 0.302 e. The van der Waals surface area contributed by atoms with E-state index in [1.165, 1.54) is 0 Å². The Labute approximate surface area is 67.6 Å². The quantitative estimate of drug-likeness (QED) is 0.558. The second-order valence-electron chi connectivity index (χ2n) is 3.73. The molecule has 1 aliphatic carbocycles. The Hall–Kier alpha value is -0.370. The van der Waals surface area contributed by atoms with Crippen LogP contribution in [0.2, 0.25) is 0 Å². The first-order chi connectivity index (χ1) is 5.31. The van der Waals surface area contributed by atoms with Crippen LogP contribution in [0.5, 0.6) is 0 Å². The Bertz CT molecular complexity index is 162. The smallest absolute Gasteiger partial charge is 0.141 e. The minimum absolute atomic E-state index is 0.397. The first-order valence-corrected chi connectivity index (χ1v) is 4.57. The lowest BCUT2D eigenvalue weighted by atomic mass is 9.97. The van der Waals surface area contributed by atoms with Crippen LogP contribution in [-0.2, 0) is 4.79 Å². The molecule has 0 amide bonds. The minimum Gasteiger partial charge on any atom is -0.302 e. The first-order valence-electron chi connectivity index (χ1n) is 4.57. The van der Waals surface area contributed by atoms with Crippen molar-refractivity contribution in [2.45, 2.75) is 19.8 Å². The van der Waals surface area contributed by atoms with Gasteiger partial charge in [-0.05, 0) is 19.4 Å². The Kier molecular flexibility index (Phi) is 1.72. The predicted molar refractivity (Wildman–Crippen MR) is 43.3 cm³/mol. The zero-order chi connectivity index (χ0) is 7.84. The molecule has 2 heteroatoms. The SMILES string of the molecule is CCN1C[C@H]2CC[C@H](C1)C2=O. The van der Waals surface area contributed by atoms with Crippen molar-refractivity contribution in [3.05, 3.63) is 0 Å². The zero-order valence-corrected chi connectivity index (χ0v) is 7.05. The highest BCUT2D eigenvalue weighted by Gasteiger charge is 2.39. The molecule has 2 nitrogen and oxygen atoms in total. The van der Waals surface area contributed by atoms with Gasteiger partial charge in [0.25, 0.3) is 0 Å². The molecular formula is C9H15NO. The van der Waals surface area contributed by atoms with Crippen molar-refractivity contribution in [2.24, 2.45) is 11.8 Å². The van der Waals surface area contributed by atoms with Crippen LogP contribution in [-0.4, -0.2) is 30.3 Å². The standard InChI is InChI=1S/C9H15NO/c1-2-10-5-7-3-4-8(6-10)9(7)11/h7-8H,2-6H2,1H3/t7-,8-/m1/s1. The summed E-state index contributed by atoms with van der Waals surface area (Å²) in [6.45, 7) is 5.35. The van der Waals surface area contributed by atoms with E-state index in [0.717, 1.165) is 32.5 Å². The molecule has 2 fully saturated rings. The van der Waals surface area contributed by atoms with Crippen LogP contribution in [0, 0.1) is 11.8 Å². The van der Waals surface area contributed by atoms with Crippen LogP contribution in [0.15, 0.2) is 0 Å². The molecular weight excluding hydrogens is 138 g/mol. The van der Waals surface area contributed by atoms with E-state index < -0.39 is 0 Å². The molecule has 0 unspecified atom stereocenters. The van der Waals surface area contributed by atoms with E-state index in [-0.39, 0.29) is 0 Å². The van der Waals surface area contributed by atoms with Crippen molar-refractivity contribution in [1.82, 2.24) is 4.90 Å². The van der Waals surface area contributed by atoms with Crippen LogP contribution >= 0.6 is 0 Å². The molecule has 0 N–H and O–H groups in total. The van der Waals surface area contributed by atoms with Gasteiger partial charge in [0.15, 0.2) is 0 Å². The molecule has 2 rings (SSSR count). The van der Waals surface area contributed by atoms with E-state index in [4.69, 9.17) is 0 Å². The summed E-state index contributed by atoms with van der Waals surface area (Å²) in [4.78, 5) is 13.8. The first kappa shape index (κ1) is 7.29. The highest BCUT2D eigenvalue weighted by molar-refractivity contribution is 5.86. The Morgan fingerprint density at radius 1 is 1.36 bits per heavy atom. The van der Waals surface area contributed by atoms with E-state index in [9.17, 15) is 4.79 Å². The van der Waals surface area contributed by atoms with Crippen LogP contribution in [0.25, 0.3) is 0 Å². The van der Waals surface area contributed by atoms with Gasteiger partial charge in [-0.1, -0.05) is 6.92 Å². The number of ketones is 1. The number of fused-ring (bicyclic) bond motifs is 2. The fraction of sp³-hybridized carbons (Fsp3) is 0.889. The molecule has 2 atom stereocenters. The van der Waals surface area contributed by atoms with Gasteiger partial charge in [0, 0.05) is 24.9 Å². The second kappa shape index (κ2) is 2.59. The molecule has 62 valence electrons. The van der Waals surface area contributed by atoms with Crippen molar-refractivity contribution >= 4 is 5.78 Å². The number of carbonyl (C=O) groups is 1. The molecule has 11 heavy (non-hydrogen) atoms. The number of hydrogen-bond donors (Lipinski definition) is 0. The average molecular weight is 153 g/mol. The summed E-state index contributed by atoms with van der Waals surface area (Å²) in [5.41, 5.74) is 0. The Morgan fingerprint density at radius 3 is 2.36 bits per heavy atom. The summed E-state index contributed by atoms with van der Waals surface area (Å²) in [5, 5.41) is 0.